The van der Waals surface area contributed by atoms with Crippen molar-refractivity contribution in [3.05, 3.63) is 30.3 Å². The van der Waals surface area contributed by atoms with Gasteiger partial charge in [0.15, 0.2) is 5.96 Å². The number of guanidine groups is 1. The highest BCUT2D eigenvalue weighted by Crippen LogP contribution is 2.13. The number of benzene rings is 1. The molecule has 1 heterocycles. The van der Waals surface area contributed by atoms with Crippen LogP contribution in [0.4, 0.5) is 0 Å². The van der Waals surface area contributed by atoms with Crippen LogP contribution in [0.25, 0.3) is 0 Å². The predicted octanol–water partition coefficient (Wildman–Crippen LogP) is 2.14. The molecule has 0 radical (unpaired) electrons. The van der Waals surface area contributed by atoms with Gasteiger partial charge in [-0.3, -0.25) is 4.99 Å². The number of nitrogens with one attached hydrogen (secondary N) is 1. The fraction of sp³-hybridized carbons (Fsp3) is 0.588. The first-order valence-corrected chi connectivity index (χ1v) is 8.08. The van der Waals surface area contributed by atoms with Crippen LogP contribution >= 0.6 is 0 Å². The molecule has 0 spiro atoms. The molecule has 5 nitrogen and oxygen atoms in total. The number of hydrogen-bond donors (Lipinski definition) is 1. The largest absolute Gasteiger partial charge is 0.492 e. The lowest BCUT2D eigenvalue weighted by molar-refractivity contribution is 0.0263. The zero-order valence-electron chi connectivity index (χ0n) is 13.6. The Morgan fingerprint density at radius 1 is 1.27 bits per heavy atom. The van der Waals surface area contributed by atoms with E-state index < -0.39 is 0 Å². The zero-order chi connectivity index (χ0) is 15.6. The Bertz CT molecular complexity index is 442. The van der Waals surface area contributed by atoms with Crippen LogP contribution in [0.3, 0.4) is 0 Å². The molecule has 0 amide bonds. The third-order valence-corrected chi connectivity index (χ3v) is 3.75. The molecular weight excluding hydrogens is 278 g/mol. The van der Waals surface area contributed by atoms with Gasteiger partial charge in [-0.25, -0.2) is 0 Å². The van der Waals surface area contributed by atoms with Crippen LogP contribution in [-0.4, -0.2) is 56.9 Å². The third kappa shape index (κ3) is 5.22. The molecule has 1 aliphatic heterocycles. The molecule has 1 fully saturated rings. The lowest BCUT2D eigenvalue weighted by Crippen LogP contribution is -2.47. The molecule has 0 unspecified atom stereocenters. The summed E-state index contributed by atoms with van der Waals surface area (Å²) in [5, 5.41) is 3.37. The lowest BCUT2D eigenvalue weighted by Gasteiger charge is -2.34. The van der Waals surface area contributed by atoms with E-state index in [-0.39, 0.29) is 0 Å². The SMILES string of the molecule is CCOC1CCN(C(=NC)NCCOc2ccccc2)CC1. The van der Waals surface area contributed by atoms with Crippen molar-refractivity contribution in [2.24, 2.45) is 4.99 Å². The number of piperidine rings is 1. The summed E-state index contributed by atoms with van der Waals surface area (Å²) in [7, 11) is 1.83. The van der Waals surface area contributed by atoms with Crippen molar-refractivity contribution in [2.75, 3.05) is 39.9 Å². The molecule has 0 aliphatic carbocycles. The quantitative estimate of drug-likeness (QED) is 0.497. The molecule has 0 bridgehead atoms. The second-order valence-corrected chi connectivity index (χ2v) is 5.28. The summed E-state index contributed by atoms with van der Waals surface area (Å²) in [4.78, 5) is 6.65. The maximum absolute atomic E-state index is 5.69. The fourth-order valence-electron chi connectivity index (χ4n) is 2.65. The fourth-order valence-corrected chi connectivity index (χ4v) is 2.65. The highest BCUT2D eigenvalue weighted by Gasteiger charge is 2.21. The molecule has 1 aliphatic rings. The van der Waals surface area contributed by atoms with Gasteiger partial charge < -0.3 is 19.7 Å². The van der Waals surface area contributed by atoms with Crippen LogP contribution in [0.2, 0.25) is 0 Å². The Balaban J connectivity index is 1.67. The van der Waals surface area contributed by atoms with Gasteiger partial charge in [-0.1, -0.05) is 18.2 Å². The van der Waals surface area contributed by atoms with Crippen LogP contribution in [0.5, 0.6) is 5.75 Å². The normalized spacial score (nSPS) is 16.6. The Kier molecular flexibility index (Phi) is 7.03. The number of nitrogens with zero attached hydrogens (tertiary/aromatic N) is 2. The minimum absolute atomic E-state index is 0.403. The second kappa shape index (κ2) is 9.30. The molecule has 1 aromatic carbocycles. The van der Waals surface area contributed by atoms with E-state index in [0.717, 1.165) is 50.8 Å². The van der Waals surface area contributed by atoms with Crippen LogP contribution in [0, 0.1) is 0 Å². The Morgan fingerprint density at radius 2 is 2.00 bits per heavy atom. The van der Waals surface area contributed by atoms with E-state index in [1.165, 1.54) is 0 Å². The summed E-state index contributed by atoms with van der Waals surface area (Å²) in [5.41, 5.74) is 0. The molecule has 22 heavy (non-hydrogen) atoms. The minimum Gasteiger partial charge on any atom is -0.492 e. The van der Waals surface area contributed by atoms with Gasteiger partial charge in [0.05, 0.1) is 12.6 Å². The average molecular weight is 305 g/mol. The standard InChI is InChI=1S/C17H27N3O2/c1-3-21-16-9-12-20(13-10-16)17(18-2)19-11-14-22-15-7-5-4-6-8-15/h4-8,16H,3,9-14H2,1-2H3,(H,18,19). The second-order valence-electron chi connectivity index (χ2n) is 5.28. The third-order valence-electron chi connectivity index (χ3n) is 3.75. The zero-order valence-corrected chi connectivity index (χ0v) is 13.6. The van der Waals surface area contributed by atoms with Crippen LogP contribution in [0.1, 0.15) is 19.8 Å². The predicted molar refractivity (Wildman–Crippen MR) is 89.5 cm³/mol. The van der Waals surface area contributed by atoms with E-state index in [2.05, 4.69) is 22.1 Å². The van der Waals surface area contributed by atoms with Crippen molar-refractivity contribution in [3.8, 4) is 5.75 Å². The van der Waals surface area contributed by atoms with Crippen LogP contribution in [0.15, 0.2) is 35.3 Å². The van der Waals surface area contributed by atoms with Gasteiger partial charge in [-0.15, -0.1) is 0 Å². The lowest BCUT2D eigenvalue weighted by atomic mass is 10.1. The summed E-state index contributed by atoms with van der Waals surface area (Å²) in [6.07, 6.45) is 2.53. The van der Waals surface area contributed by atoms with Crippen molar-refractivity contribution in [2.45, 2.75) is 25.9 Å². The van der Waals surface area contributed by atoms with Crippen molar-refractivity contribution in [1.82, 2.24) is 10.2 Å². The smallest absolute Gasteiger partial charge is 0.193 e. The monoisotopic (exact) mass is 305 g/mol. The van der Waals surface area contributed by atoms with E-state index in [1.807, 2.05) is 37.4 Å². The van der Waals surface area contributed by atoms with Crippen LogP contribution in [-0.2, 0) is 4.74 Å². The van der Waals surface area contributed by atoms with Gasteiger partial charge >= 0.3 is 0 Å². The number of aliphatic imine (C=N–C) groups is 1. The van der Waals surface area contributed by atoms with Crippen molar-refractivity contribution in [1.29, 1.82) is 0 Å². The summed E-state index contributed by atoms with van der Waals surface area (Å²) in [6, 6.07) is 9.87. The average Bonchev–Trinajstić information content (AvgIpc) is 2.57. The molecule has 1 aromatic rings. The molecule has 5 heteroatoms. The Labute approximate surface area is 133 Å². The van der Waals surface area contributed by atoms with E-state index in [4.69, 9.17) is 9.47 Å². The first-order chi connectivity index (χ1) is 10.8. The molecule has 122 valence electrons. The van der Waals surface area contributed by atoms with E-state index >= 15 is 0 Å². The summed E-state index contributed by atoms with van der Waals surface area (Å²) in [6.45, 7) is 6.20. The number of ether oxygens (including phenoxy) is 2. The van der Waals surface area contributed by atoms with Crippen molar-refractivity contribution < 1.29 is 9.47 Å². The molecular formula is C17H27N3O2. The number of rotatable bonds is 6. The van der Waals surface area contributed by atoms with E-state index in [1.54, 1.807) is 0 Å². The summed E-state index contributed by atoms with van der Waals surface area (Å²) < 4.78 is 11.4. The summed E-state index contributed by atoms with van der Waals surface area (Å²) >= 11 is 0. The van der Waals surface area contributed by atoms with E-state index in [9.17, 15) is 0 Å². The number of para-hydroxylation sites is 1. The van der Waals surface area contributed by atoms with Crippen molar-refractivity contribution in [3.63, 3.8) is 0 Å². The summed E-state index contributed by atoms with van der Waals surface area (Å²) in [5.74, 6) is 1.85. The molecule has 1 saturated heterocycles. The minimum atomic E-state index is 0.403. The Hall–Kier alpha value is -1.75. The van der Waals surface area contributed by atoms with Gasteiger partial charge in [-0.05, 0) is 31.9 Å². The van der Waals surface area contributed by atoms with Crippen LogP contribution < -0.4 is 10.1 Å². The van der Waals surface area contributed by atoms with E-state index in [0.29, 0.717) is 12.7 Å². The molecule has 0 atom stereocenters. The number of likely N-dealkylation sites (tertiary alicyclic amines) is 1. The maximum atomic E-state index is 5.69. The van der Waals surface area contributed by atoms with Gasteiger partial charge in [0.1, 0.15) is 12.4 Å². The topological polar surface area (TPSA) is 46.1 Å². The van der Waals surface area contributed by atoms with Gasteiger partial charge in [0.25, 0.3) is 0 Å². The highest BCUT2D eigenvalue weighted by molar-refractivity contribution is 5.79. The van der Waals surface area contributed by atoms with Crippen molar-refractivity contribution >= 4 is 5.96 Å². The first kappa shape index (κ1) is 16.6. The van der Waals surface area contributed by atoms with Gasteiger partial charge in [0.2, 0.25) is 0 Å². The molecule has 1 N–H and O–H groups in total. The number of hydrogen-bond acceptors (Lipinski definition) is 3. The molecule has 0 saturated carbocycles. The Morgan fingerprint density at radius 3 is 2.64 bits per heavy atom. The first-order valence-electron chi connectivity index (χ1n) is 8.08. The highest BCUT2D eigenvalue weighted by atomic mass is 16.5. The maximum Gasteiger partial charge on any atom is 0.193 e. The molecule has 2 rings (SSSR count). The van der Waals surface area contributed by atoms with Gasteiger partial charge in [-0.2, -0.15) is 0 Å². The molecule has 0 aromatic heterocycles. The van der Waals surface area contributed by atoms with Gasteiger partial charge in [0, 0.05) is 26.7 Å².